The van der Waals surface area contributed by atoms with Crippen LogP contribution in [0.15, 0.2) is 78.5 Å². The van der Waals surface area contributed by atoms with Crippen molar-refractivity contribution in [2.24, 2.45) is 0 Å². The van der Waals surface area contributed by atoms with E-state index in [1.54, 1.807) is 0 Å². The molecule has 0 spiro atoms. The Labute approximate surface area is 244 Å². The highest BCUT2D eigenvalue weighted by atomic mass is 32.2. The van der Waals surface area contributed by atoms with Gasteiger partial charge in [0.1, 0.15) is 17.5 Å². The molecule has 0 saturated heterocycles. The average molecular weight is 640 g/mol. The minimum Gasteiger partial charge on any atom is -0.349 e. The molecule has 0 amide bonds. The van der Waals surface area contributed by atoms with Gasteiger partial charge in [-0.3, -0.25) is 4.21 Å². The van der Waals surface area contributed by atoms with Crippen molar-refractivity contribution in [3.63, 3.8) is 0 Å². The zero-order valence-corrected chi connectivity index (χ0v) is 24.0. The number of nitrogens with one attached hydrogen (secondary N) is 1. The van der Waals surface area contributed by atoms with Crippen molar-refractivity contribution >= 4 is 15.4 Å². The fourth-order valence-electron chi connectivity index (χ4n) is 5.16. The molecule has 1 atom stereocenters. The second-order valence-electron chi connectivity index (χ2n) is 10.6. The lowest BCUT2D eigenvalue weighted by molar-refractivity contribution is -0.392. The van der Waals surface area contributed by atoms with Crippen molar-refractivity contribution in [2.45, 2.75) is 68.1 Å². The number of rotatable bonds is 11. The summed E-state index contributed by atoms with van der Waals surface area (Å²) in [4.78, 5) is -0.103. The first-order chi connectivity index (χ1) is 19.7. The Morgan fingerprint density at radius 1 is 1.00 bits per heavy atom. The van der Waals surface area contributed by atoms with Crippen LogP contribution < -0.4 is 5.32 Å². The third-order valence-corrected chi connectivity index (χ3v) is 10.2. The second kappa shape index (κ2) is 12.2. The highest BCUT2D eigenvalue weighted by molar-refractivity contribution is 8.04. The minimum atomic E-state index is -6.12. The third-order valence-electron chi connectivity index (χ3n) is 7.34. The van der Waals surface area contributed by atoms with Crippen LogP contribution in [0.25, 0.3) is 0 Å². The Morgan fingerprint density at radius 2 is 1.51 bits per heavy atom. The first kappa shape index (κ1) is 34.5. The predicted molar refractivity (Wildman–Crippen MR) is 148 cm³/mol. The number of alkyl halides is 6. The van der Waals surface area contributed by atoms with E-state index in [1.165, 1.54) is 0 Å². The van der Waals surface area contributed by atoms with E-state index in [4.69, 9.17) is 0 Å². The fraction of sp³-hybridized carbons (Fsp3) is 0.367. The van der Waals surface area contributed by atoms with E-state index >= 15 is 0 Å². The van der Waals surface area contributed by atoms with Crippen LogP contribution in [-0.2, 0) is 31.2 Å². The van der Waals surface area contributed by atoms with Gasteiger partial charge >= 0.3 is 12.4 Å². The summed E-state index contributed by atoms with van der Waals surface area (Å²) in [7, 11) is -3.43. The largest absolute Gasteiger partial charge is 0.430 e. The first-order valence-corrected chi connectivity index (χ1v) is 14.6. The van der Waals surface area contributed by atoms with Gasteiger partial charge in [0.15, 0.2) is 0 Å². The second-order valence-corrected chi connectivity index (χ2v) is 13.2. The summed E-state index contributed by atoms with van der Waals surface area (Å²) in [6.45, 7) is 8.80. The molecule has 0 aromatic heterocycles. The molecule has 2 aromatic carbocycles. The molecule has 0 aliphatic heterocycles. The van der Waals surface area contributed by atoms with Gasteiger partial charge in [0.05, 0.1) is 11.4 Å². The monoisotopic (exact) mass is 639 g/mol. The Hall–Kier alpha value is -3.03. The highest BCUT2D eigenvalue weighted by Gasteiger charge is 2.73. The minimum absolute atomic E-state index is 0.000160. The lowest BCUT2D eigenvalue weighted by atomic mass is 9.74. The van der Waals surface area contributed by atoms with Crippen LogP contribution in [-0.4, -0.2) is 34.5 Å². The Morgan fingerprint density at radius 3 is 1.95 bits per heavy atom. The van der Waals surface area contributed by atoms with Crippen molar-refractivity contribution in [1.82, 2.24) is 5.32 Å². The number of hydrogen-bond donors (Lipinski definition) is 1. The lowest BCUT2D eigenvalue weighted by Gasteiger charge is -2.51. The van der Waals surface area contributed by atoms with Crippen molar-refractivity contribution in [2.75, 3.05) is 0 Å². The molecular weight excluding hydrogens is 609 g/mol. The van der Waals surface area contributed by atoms with Gasteiger partial charge in [0.25, 0.3) is 5.60 Å². The van der Waals surface area contributed by atoms with Crippen LogP contribution in [0.4, 0.5) is 39.5 Å². The molecule has 3 nitrogen and oxygen atoms in total. The summed E-state index contributed by atoms with van der Waals surface area (Å²) in [5.41, 5.74) is -7.40. The quantitative estimate of drug-likeness (QED) is 0.153. The van der Waals surface area contributed by atoms with Gasteiger partial charge in [-0.15, -0.1) is 0 Å². The van der Waals surface area contributed by atoms with Crippen LogP contribution in [0, 0.1) is 11.6 Å². The molecule has 3 rings (SSSR count). The highest BCUT2D eigenvalue weighted by Crippen LogP contribution is 2.55. The number of benzene rings is 2. The van der Waals surface area contributed by atoms with Crippen LogP contribution in [0.3, 0.4) is 0 Å². The van der Waals surface area contributed by atoms with Gasteiger partial charge in [0.2, 0.25) is 0 Å². The molecule has 1 aliphatic carbocycles. The molecule has 1 unspecified atom stereocenters. The van der Waals surface area contributed by atoms with Gasteiger partial charge in [-0.2, -0.15) is 26.3 Å². The number of allylic oxidation sites excluding steroid dienone is 3. The molecule has 1 fully saturated rings. The molecule has 2 aromatic rings. The van der Waals surface area contributed by atoms with E-state index < -0.39 is 67.4 Å². The molecule has 1 saturated carbocycles. The summed E-state index contributed by atoms with van der Waals surface area (Å²) < 4.78 is 145. The van der Waals surface area contributed by atoms with Crippen molar-refractivity contribution < 1.29 is 48.5 Å². The molecule has 236 valence electrons. The molecule has 43 heavy (non-hydrogen) atoms. The summed E-state index contributed by atoms with van der Waals surface area (Å²) >= 11 is 0. The van der Waals surface area contributed by atoms with E-state index in [1.807, 2.05) is 13.8 Å². The Balaban J connectivity index is 2.13. The molecular formula is C30H30F9NO2S. The van der Waals surface area contributed by atoms with Crippen molar-refractivity contribution in [3.05, 3.63) is 107 Å². The molecule has 0 radical (unpaired) electrons. The summed E-state index contributed by atoms with van der Waals surface area (Å²) in [6.07, 6.45) is -9.98. The van der Waals surface area contributed by atoms with Crippen molar-refractivity contribution in [1.29, 1.82) is 0 Å². The van der Waals surface area contributed by atoms with E-state index in [9.17, 15) is 43.7 Å². The molecule has 1 aliphatic rings. The maximum Gasteiger partial charge on any atom is 0.430 e. The van der Waals surface area contributed by atoms with Crippen LogP contribution in [0.2, 0.25) is 0 Å². The van der Waals surface area contributed by atoms with E-state index in [2.05, 4.69) is 29.1 Å². The molecule has 0 bridgehead atoms. The predicted octanol–water partition coefficient (Wildman–Crippen LogP) is 8.13. The molecule has 0 heterocycles. The summed E-state index contributed by atoms with van der Waals surface area (Å²) in [6, 6.07) is 4.96. The normalized spacial score (nSPS) is 21.1. The van der Waals surface area contributed by atoms with E-state index in [0.717, 1.165) is 30.4 Å². The standard InChI is InChI=1S/C30H30F9NO2S/c1-18(2)40-23-15-27(16-23,43(5,41)20(4)10-9-19(3)31)21-11-13-22(14-12-21)28(29(34,35)36,30(37,38)39)42-17-24-25(32)7-6-8-26(24)33/h6-14,18,23,40H,3-5,15-17H2,1-2H3/b10-9-. The zero-order valence-electron chi connectivity index (χ0n) is 23.2. The van der Waals surface area contributed by atoms with Gasteiger partial charge < -0.3 is 10.1 Å². The number of hydrogen-bond acceptors (Lipinski definition) is 3. The van der Waals surface area contributed by atoms with Gasteiger partial charge in [-0.25, -0.2) is 13.2 Å². The van der Waals surface area contributed by atoms with Gasteiger partial charge in [0, 0.05) is 37.6 Å². The number of ether oxygens (including phenoxy) is 1. The first-order valence-electron chi connectivity index (χ1n) is 12.8. The van der Waals surface area contributed by atoms with Gasteiger partial charge in [-0.05, 0) is 48.6 Å². The maximum atomic E-state index is 14.3. The van der Waals surface area contributed by atoms with Crippen LogP contribution in [0.1, 0.15) is 43.4 Å². The lowest BCUT2D eigenvalue weighted by Crippen LogP contribution is -2.57. The van der Waals surface area contributed by atoms with Gasteiger partial charge in [-0.1, -0.05) is 57.3 Å². The maximum absolute atomic E-state index is 14.3. The Kier molecular flexibility index (Phi) is 9.75. The third kappa shape index (κ3) is 6.44. The SMILES string of the molecule is C=C(F)/C=C\C(=C)S(=C)(=O)C1(c2ccc(C(OCc3c(F)cccc3F)(C(F)(F)F)C(F)(F)F)cc2)CC(NC(C)C)C1. The van der Waals surface area contributed by atoms with E-state index in [0.29, 0.717) is 24.3 Å². The van der Waals surface area contributed by atoms with Crippen LogP contribution in [0.5, 0.6) is 0 Å². The fourth-order valence-corrected chi connectivity index (χ4v) is 7.41. The average Bonchev–Trinajstić information content (AvgIpc) is 2.84. The van der Waals surface area contributed by atoms with E-state index in [-0.39, 0.29) is 35.4 Å². The topological polar surface area (TPSA) is 38.3 Å². The molecule has 13 heteroatoms. The zero-order chi connectivity index (χ0) is 32.6. The Bertz CT molecular complexity index is 1450. The van der Waals surface area contributed by atoms with Crippen molar-refractivity contribution in [3.8, 4) is 0 Å². The summed E-state index contributed by atoms with van der Waals surface area (Å²) in [5, 5.41) is 3.23. The summed E-state index contributed by atoms with van der Waals surface area (Å²) in [5.74, 6) is 0.159. The smallest absolute Gasteiger partial charge is 0.349 e. The molecule has 1 N–H and O–H groups in total. The number of halogens is 9. The van der Waals surface area contributed by atoms with Crippen LogP contribution >= 0.6 is 0 Å².